The molecule has 1 fully saturated rings. The lowest BCUT2D eigenvalue weighted by Gasteiger charge is -2.16. The SMILES string of the molecule is CCNC(C)c1ccc(N2C(=O)CCC2=O)cc1. The summed E-state index contributed by atoms with van der Waals surface area (Å²) in [6, 6.07) is 7.87. The molecule has 96 valence electrons. The minimum atomic E-state index is -0.104. The summed E-state index contributed by atoms with van der Waals surface area (Å²) in [5.41, 5.74) is 1.83. The molecule has 2 rings (SSSR count). The van der Waals surface area contributed by atoms with Crippen LogP contribution in [0.3, 0.4) is 0 Å². The first-order valence-corrected chi connectivity index (χ1v) is 6.32. The second-order valence-corrected chi connectivity index (χ2v) is 4.49. The number of nitrogens with one attached hydrogen (secondary N) is 1. The number of carbonyl (C=O) groups excluding carboxylic acids is 2. The van der Waals surface area contributed by atoms with Gasteiger partial charge in [-0.05, 0) is 31.2 Å². The molecule has 0 spiro atoms. The Morgan fingerprint density at radius 3 is 2.22 bits per heavy atom. The lowest BCUT2D eigenvalue weighted by Crippen LogP contribution is -2.28. The number of anilines is 1. The Hall–Kier alpha value is -1.68. The number of benzene rings is 1. The number of imide groups is 1. The molecule has 1 unspecified atom stereocenters. The summed E-state index contributed by atoms with van der Waals surface area (Å²) in [7, 11) is 0. The standard InChI is InChI=1S/C14H18N2O2/c1-3-15-10(2)11-4-6-12(7-5-11)16-13(17)8-9-14(16)18/h4-7,10,15H,3,8-9H2,1-2H3. The summed E-state index contributed by atoms with van der Waals surface area (Å²) in [6.07, 6.45) is 0.656. The van der Waals surface area contributed by atoms with Crippen LogP contribution in [-0.4, -0.2) is 18.4 Å². The zero-order chi connectivity index (χ0) is 13.1. The number of nitrogens with zero attached hydrogens (tertiary/aromatic N) is 1. The van der Waals surface area contributed by atoms with Gasteiger partial charge in [-0.2, -0.15) is 0 Å². The highest BCUT2D eigenvalue weighted by Crippen LogP contribution is 2.24. The molecule has 1 aliphatic rings. The second-order valence-electron chi connectivity index (χ2n) is 4.49. The summed E-state index contributed by atoms with van der Waals surface area (Å²) < 4.78 is 0. The van der Waals surface area contributed by atoms with E-state index in [9.17, 15) is 9.59 Å². The molecule has 0 radical (unpaired) electrons. The Morgan fingerprint density at radius 2 is 1.72 bits per heavy atom. The molecule has 1 atom stereocenters. The molecule has 0 saturated carbocycles. The molecule has 1 N–H and O–H groups in total. The first-order chi connectivity index (χ1) is 8.63. The Balaban J connectivity index is 2.17. The van der Waals surface area contributed by atoms with Gasteiger partial charge in [0.15, 0.2) is 0 Å². The van der Waals surface area contributed by atoms with E-state index in [-0.39, 0.29) is 17.9 Å². The minimum Gasteiger partial charge on any atom is -0.310 e. The molecule has 1 heterocycles. The van der Waals surface area contributed by atoms with Crippen LogP contribution in [0.25, 0.3) is 0 Å². The maximum atomic E-state index is 11.6. The van der Waals surface area contributed by atoms with Gasteiger partial charge in [-0.1, -0.05) is 19.1 Å². The van der Waals surface area contributed by atoms with Gasteiger partial charge in [-0.15, -0.1) is 0 Å². The average molecular weight is 246 g/mol. The molecule has 0 bridgehead atoms. The second kappa shape index (κ2) is 5.31. The minimum absolute atomic E-state index is 0.104. The molecular formula is C14H18N2O2. The molecule has 2 amide bonds. The van der Waals surface area contributed by atoms with Crippen molar-refractivity contribution in [1.29, 1.82) is 0 Å². The fraction of sp³-hybridized carbons (Fsp3) is 0.429. The van der Waals surface area contributed by atoms with Gasteiger partial charge < -0.3 is 5.32 Å². The van der Waals surface area contributed by atoms with Crippen LogP contribution in [0.5, 0.6) is 0 Å². The average Bonchev–Trinajstić information content (AvgIpc) is 2.70. The maximum Gasteiger partial charge on any atom is 0.234 e. The number of amides is 2. The Labute approximate surface area is 107 Å². The van der Waals surface area contributed by atoms with Gasteiger partial charge in [0.25, 0.3) is 0 Å². The highest BCUT2D eigenvalue weighted by molar-refractivity contribution is 6.19. The van der Waals surface area contributed by atoms with Crippen LogP contribution in [-0.2, 0) is 9.59 Å². The van der Waals surface area contributed by atoms with Crippen molar-refractivity contribution in [3.8, 4) is 0 Å². The summed E-state index contributed by atoms with van der Waals surface area (Å²) in [4.78, 5) is 24.5. The van der Waals surface area contributed by atoms with Crippen LogP contribution in [0, 0.1) is 0 Å². The molecule has 0 aliphatic carbocycles. The van der Waals surface area contributed by atoms with Gasteiger partial charge >= 0.3 is 0 Å². The largest absolute Gasteiger partial charge is 0.310 e. The van der Waals surface area contributed by atoms with Crippen molar-refractivity contribution < 1.29 is 9.59 Å². The predicted molar refractivity (Wildman–Crippen MR) is 70.3 cm³/mol. The van der Waals surface area contributed by atoms with Gasteiger partial charge in [0, 0.05) is 18.9 Å². The third-order valence-electron chi connectivity index (χ3n) is 3.21. The highest BCUT2D eigenvalue weighted by Gasteiger charge is 2.30. The number of carbonyl (C=O) groups is 2. The monoisotopic (exact) mass is 246 g/mol. The van der Waals surface area contributed by atoms with Gasteiger partial charge in [-0.3, -0.25) is 14.5 Å². The third kappa shape index (κ3) is 2.43. The van der Waals surface area contributed by atoms with Gasteiger partial charge in [0.05, 0.1) is 5.69 Å². The van der Waals surface area contributed by atoms with Crippen molar-refractivity contribution in [2.24, 2.45) is 0 Å². The van der Waals surface area contributed by atoms with Crippen LogP contribution in [0.2, 0.25) is 0 Å². The van der Waals surface area contributed by atoms with Crippen molar-refractivity contribution in [3.63, 3.8) is 0 Å². The van der Waals surface area contributed by atoms with E-state index in [1.54, 1.807) is 0 Å². The highest BCUT2D eigenvalue weighted by atomic mass is 16.2. The predicted octanol–water partition coefficient (Wildman–Crippen LogP) is 2.01. The topological polar surface area (TPSA) is 49.4 Å². The number of rotatable bonds is 4. The van der Waals surface area contributed by atoms with Crippen LogP contribution >= 0.6 is 0 Å². The van der Waals surface area contributed by atoms with E-state index in [2.05, 4.69) is 19.2 Å². The van der Waals surface area contributed by atoms with Crippen LogP contribution in [0.1, 0.15) is 38.3 Å². The third-order valence-corrected chi connectivity index (χ3v) is 3.21. The van der Waals surface area contributed by atoms with E-state index in [0.29, 0.717) is 18.5 Å². The quantitative estimate of drug-likeness (QED) is 0.827. The molecule has 1 aromatic rings. The molecule has 1 aliphatic heterocycles. The van der Waals surface area contributed by atoms with Crippen molar-refractivity contribution in [2.45, 2.75) is 32.7 Å². The van der Waals surface area contributed by atoms with Gasteiger partial charge in [0.2, 0.25) is 11.8 Å². The fourth-order valence-electron chi connectivity index (χ4n) is 2.20. The van der Waals surface area contributed by atoms with E-state index in [4.69, 9.17) is 0 Å². The Bertz CT molecular complexity index is 437. The Morgan fingerprint density at radius 1 is 1.17 bits per heavy atom. The van der Waals surface area contributed by atoms with E-state index < -0.39 is 0 Å². The van der Waals surface area contributed by atoms with Gasteiger partial charge in [-0.25, -0.2) is 0 Å². The van der Waals surface area contributed by atoms with Crippen molar-refractivity contribution in [1.82, 2.24) is 5.32 Å². The number of hydrogen-bond acceptors (Lipinski definition) is 3. The summed E-state index contributed by atoms with van der Waals surface area (Å²) >= 11 is 0. The van der Waals surface area contributed by atoms with E-state index >= 15 is 0 Å². The van der Waals surface area contributed by atoms with Crippen LogP contribution < -0.4 is 10.2 Å². The molecule has 0 aromatic heterocycles. The van der Waals surface area contributed by atoms with E-state index in [1.807, 2.05) is 24.3 Å². The van der Waals surface area contributed by atoms with Gasteiger partial charge in [0.1, 0.15) is 0 Å². The van der Waals surface area contributed by atoms with E-state index in [1.165, 1.54) is 4.90 Å². The van der Waals surface area contributed by atoms with Crippen molar-refractivity contribution in [2.75, 3.05) is 11.4 Å². The zero-order valence-corrected chi connectivity index (χ0v) is 10.8. The van der Waals surface area contributed by atoms with E-state index in [0.717, 1.165) is 12.1 Å². The normalized spacial score (nSPS) is 17.3. The molecule has 4 nitrogen and oxygen atoms in total. The molecule has 1 aromatic carbocycles. The van der Waals surface area contributed by atoms with Crippen molar-refractivity contribution in [3.05, 3.63) is 29.8 Å². The van der Waals surface area contributed by atoms with Crippen LogP contribution in [0.15, 0.2) is 24.3 Å². The number of hydrogen-bond donors (Lipinski definition) is 1. The maximum absolute atomic E-state index is 11.6. The Kier molecular flexibility index (Phi) is 3.77. The summed E-state index contributed by atoms with van der Waals surface area (Å²) in [5, 5.41) is 3.32. The summed E-state index contributed by atoms with van der Waals surface area (Å²) in [5.74, 6) is -0.208. The molecular weight excluding hydrogens is 228 g/mol. The fourth-order valence-corrected chi connectivity index (χ4v) is 2.20. The van der Waals surface area contributed by atoms with Crippen LogP contribution in [0.4, 0.5) is 5.69 Å². The summed E-state index contributed by atoms with van der Waals surface area (Å²) in [6.45, 7) is 5.06. The zero-order valence-electron chi connectivity index (χ0n) is 10.8. The lowest BCUT2D eigenvalue weighted by molar-refractivity contribution is -0.121. The lowest BCUT2D eigenvalue weighted by atomic mass is 10.1. The first-order valence-electron chi connectivity index (χ1n) is 6.32. The smallest absolute Gasteiger partial charge is 0.234 e. The molecule has 1 saturated heterocycles. The van der Waals surface area contributed by atoms with Crippen molar-refractivity contribution >= 4 is 17.5 Å². The molecule has 18 heavy (non-hydrogen) atoms. The first kappa shape index (κ1) is 12.8. The molecule has 4 heteroatoms.